The number of anilines is 2. The van der Waals surface area contributed by atoms with Gasteiger partial charge in [0.15, 0.2) is 11.5 Å². The number of benzene rings is 2. The zero-order chi connectivity index (χ0) is 21.0. The molecule has 0 bridgehead atoms. The van der Waals surface area contributed by atoms with Gasteiger partial charge in [0.05, 0.1) is 19.8 Å². The summed E-state index contributed by atoms with van der Waals surface area (Å²) in [7, 11) is 0. The van der Waals surface area contributed by atoms with E-state index in [-0.39, 0.29) is 11.9 Å². The van der Waals surface area contributed by atoms with Crippen LogP contribution in [0.2, 0.25) is 0 Å². The van der Waals surface area contributed by atoms with Crippen LogP contribution in [0.5, 0.6) is 11.5 Å². The lowest BCUT2D eigenvalue weighted by atomic mass is 10.0. The molecule has 1 N–H and O–H groups in total. The number of morpholine rings is 1. The van der Waals surface area contributed by atoms with Crippen molar-refractivity contribution >= 4 is 17.3 Å². The molecule has 2 aromatic rings. The lowest BCUT2D eigenvalue weighted by Crippen LogP contribution is -2.36. The van der Waals surface area contributed by atoms with Crippen LogP contribution in [-0.2, 0) is 9.53 Å². The molecule has 164 valence electrons. The van der Waals surface area contributed by atoms with Gasteiger partial charge in [0.1, 0.15) is 13.2 Å². The van der Waals surface area contributed by atoms with Gasteiger partial charge in [0, 0.05) is 30.5 Å². The van der Waals surface area contributed by atoms with Crippen molar-refractivity contribution in [1.82, 2.24) is 4.90 Å². The Hall–Kier alpha value is -2.77. The van der Waals surface area contributed by atoms with Crippen LogP contribution < -0.4 is 19.7 Å². The van der Waals surface area contributed by atoms with E-state index < -0.39 is 0 Å². The number of fused-ring (bicyclic) bond motifs is 1. The molecule has 3 aliphatic rings. The Morgan fingerprint density at radius 1 is 0.935 bits per heavy atom. The SMILES string of the molecule is O=C(CN1CCC[C@H]1c1ccc2c(c1)OCCO2)Nc1ccc(N2CCOCC2)cc1. The molecular formula is C24H29N3O4. The lowest BCUT2D eigenvalue weighted by molar-refractivity contribution is -0.117. The van der Waals surface area contributed by atoms with Gasteiger partial charge >= 0.3 is 0 Å². The largest absolute Gasteiger partial charge is 0.486 e. The first-order valence-corrected chi connectivity index (χ1v) is 11.1. The van der Waals surface area contributed by atoms with Crippen molar-refractivity contribution in [3.05, 3.63) is 48.0 Å². The highest BCUT2D eigenvalue weighted by Crippen LogP contribution is 2.38. The summed E-state index contributed by atoms with van der Waals surface area (Å²) in [5.41, 5.74) is 3.18. The Balaban J connectivity index is 1.20. The maximum Gasteiger partial charge on any atom is 0.238 e. The summed E-state index contributed by atoms with van der Waals surface area (Å²) in [5, 5.41) is 3.05. The molecule has 3 heterocycles. The molecule has 1 atom stereocenters. The lowest BCUT2D eigenvalue weighted by Gasteiger charge is -2.29. The van der Waals surface area contributed by atoms with Crippen LogP contribution in [0.15, 0.2) is 42.5 Å². The maximum atomic E-state index is 12.7. The molecule has 0 saturated carbocycles. The second-order valence-electron chi connectivity index (χ2n) is 8.23. The summed E-state index contributed by atoms with van der Waals surface area (Å²) in [6, 6.07) is 14.5. The molecule has 0 spiro atoms. The summed E-state index contributed by atoms with van der Waals surface area (Å²) in [6.07, 6.45) is 2.13. The van der Waals surface area contributed by atoms with Crippen molar-refractivity contribution in [1.29, 1.82) is 0 Å². The smallest absolute Gasteiger partial charge is 0.238 e. The minimum absolute atomic E-state index is 0.0172. The Morgan fingerprint density at radius 2 is 1.71 bits per heavy atom. The number of hydrogen-bond donors (Lipinski definition) is 1. The molecule has 0 radical (unpaired) electrons. The Morgan fingerprint density at radius 3 is 2.52 bits per heavy atom. The maximum absolute atomic E-state index is 12.7. The molecule has 7 nitrogen and oxygen atoms in total. The van der Waals surface area contributed by atoms with E-state index in [1.807, 2.05) is 18.2 Å². The molecule has 1 amide bonds. The van der Waals surface area contributed by atoms with Crippen molar-refractivity contribution in [2.75, 3.05) is 62.8 Å². The van der Waals surface area contributed by atoms with Crippen molar-refractivity contribution in [2.24, 2.45) is 0 Å². The van der Waals surface area contributed by atoms with Gasteiger partial charge in [0.25, 0.3) is 0 Å². The van der Waals surface area contributed by atoms with Crippen LogP contribution in [0, 0.1) is 0 Å². The number of rotatable bonds is 5. The molecule has 2 fully saturated rings. The fourth-order valence-corrected chi connectivity index (χ4v) is 4.62. The zero-order valence-electron chi connectivity index (χ0n) is 17.7. The molecule has 0 aliphatic carbocycles. The minimum Gasteiger partial charge on any atom is -0.486 e. The van der Waals surface area contributed by atoms with E-state index in [9.17, 15) is 4.79 Å². The van der Waals surface area contributed by atoms with Crippen LogP contribution in [-0.4, -0.2) is 63.4 Å². The van der Waals surface area contributed by atoms with E-state index in [1.54, 1.807) is 0 Å². The van der Waals surface area contributed by atoms with Gasteiger partial charge in [0.2, 0.25) is 5.91 Å². The molecule has 2 saturated heterocycles. The van der Waals surface area contributed by atoms with Crippen molar-refractivity contribution in [3.8, 4) is 11.5 Å². The molecular weight excluding hydrogens is 394 g/mol. The average molecular weight is 424 g/mol. The summed E-state index contributed by atoms with van der Waals surface area (Å²) in [5.74, 6) is 1.63. The number of likely N-dealkylation sites (tertiary alicyclic amines) is 1. The van der Waals surface area contributed by atoms with Crippen LogP contribution in [0.4, 0.5) is 11.4 Å². The van der Waals surface area contributed by atoms with Crippen LogP contribution in [0.1, 0.15) is 24.4 Å². The van der Waals surface area contributed by atoms with Gasteiger partial charge in [-0.3, -0.25) is 9.69 Å². The van der Waals surface area contributed by atoms with E-state index in [2.05, 4.69) is 39.4 Å². The van der Waals surface area contributed by atoms with Gasteiger partial charge in [-0.2, -0.15) is 0 Å². The highest BCUT2D eigenvalue weighted by atomic mass is 16.6. The highest BCUT2D eigenvalue weighted by Gasteiger charge is 2.28. The first-order valence-electron chi connectivity index (χ1n) is 11.1. The molecule has 5 rings (SSSR count). The highest BCUT2D eigenvalue weighted by molar-refractivity contribution is 5.92. The minimum atomic E-state index is 0.0172. The summed E-state index contributed by atoms with van der Waals surface area (Å²) >= 11 is 0. The summed E-state index contributed by atoms with van der Waals surface area (Å²) in [4.78, 5) is 17.3. The number of hydrogen-bond acceptors (Lipinski definition) is 6. The molecule has 7 heteroatoms. The second-order valence-corrected chi connectivity index (χ2v) is 8.23. The third-order valence-corrected chi connectivity index (χ3v) is 6.19. The van der Waals surface area contributed by atoms with Gasteiger partial charge in [-0.05, 0) is 61.3 Å². The van der Waals surface area contributed by atoms with Crippen LogP contribution >= 0.6 is 0 Å². The number of amides is 1. The molecule has 3 aliphatic heterocycles. The second kappa shape index (κ2) is 9.16. The van der Waals surface area contributed by atoms with Gasteiger partial charge in [-0.25, -0.2) is 0 Å². The van der Waals surface area contributed by atoms with E-state index in [4.69, 9.17) is 14.2 Å². The van der Waals surface area contributed by atoms with E-state index in [1.165, 1.54) is 11.3 Å². The number of nitrogens with zero attached hydrogens (tertiary/aromatic N) is 2. The number of carbonyl (C=O) groups is 1. The standard InChI is InChI=1S/C24H29N3O4/c28-24(25-19-4-6-20(7-5-19)26-10-12-29-13-11-26)17-27-9-1-2-21(27)18-3-8-22-23(16-18)31-15-14-30-22/h3-8,16,21H,1-2,9-15,17H2,(H,25,28)/t21-/m0/s1. The Kier molecular flexibility index (Phi) is 5.95. The fourth-order valence-electron chi connectivity index (χ4n) is 4.62. The van der Waals surface area contributed by atoms with E-state index in [0.717, 1.165) is 62.9 Å². The van der Waals surface area contributed by atoms with Gasteiger partial charge in [-0.1, -0.05) is 6.07 Å². The molecule has 2 aromatic carbocycles. The van der Waals surface area contributed by atoms with Crippen molar-refractivity contribution in [2.45, 2.75) is 18.9 Å². The first-order chi connectivity index (χ1) is 15.3. The van der Waals surface area contributed by atoms with E-state index in [0.29, 0.717) is 19.8 Å². The predicted octanol–water partition coefficient (Wildman–Crippen LogP) is 3.07. The van der Waals surface area contributed by atoms with E-state index >= 15 is 0 Å². The fraction of sp³-hybridized carbons (Fsp3) is 0.458. The Bertz CT molecular complexity index is 912. The average Bonchev–Trinajstić information content (AvgIpc) is 3.27. The quantitative estimate of drug-likeness (QED) is 0.798. The number of carbonyl (C=O) groups excluding carboxylic acids is 1. The third-order valence-electron chi connectivity index (χ3n) is 6.19. The molecule has 31 heavy (non-hydrogen) atoms. The topological polar surface area (TPSA) is 63.3 Å². The Labute approximate surface area is 182 Å². The van der Waals surface area contributed by atoms with Gasteiger partial charge < -0.3 is 24.4 Å². The molecule has 0 aromatic heterocycles. The predicted molar refractivity (Wildman–Crippen MR) is 119 cm³/mol. The summed E-state index contributed by atoms with van der Waals surface area (Å²) < 4.78 is 16.8. The zero-order valence-corrected chi connectivity index (χ0v) is 17.7. The number of nitrogens with one attached hydrogen (secondary N) is 1. The van der Waals surface area contributed by atoms with Gasteiger partial charge in [-0.15, -0.1) is 0 Å². The normalized spacial score (nSPS) is 21.2. The summed E-state index contributed by atoms with van der Waals surface area (Å²) in [6.45, 7) is 5.81. The van der Waals surface area contributed by atoms with Crippen molar-refractivity contribution < 1.29 is 19.0 Å². The van der Waals surface area contributed by atoms with Crippen LogP contribution in [0.3, 0.4) is 0 Å². The van der Waals surface area contributed by atoms with Crippen molar-refractivity contribution in [3.63, 3.8) is 0 Å². The first kappa shape index (κ1) is 20.2. The third kappa shape index (κ3) is 4.62. The monoisotopic (exact) mass is 423 g/mol. The molecule has 0 unspecified atom stereocenters. The van der Waals surface area contributed by atoms with Crippen LogP contribution in [0.25, 0.3) is 0 Å². The number of ether oxygens (including phenoxy) is 3.